The molecule has 19 heavy (non-hydrogen) atoms. The van der Waals surface area contributed by atoms with Gasteiger partial charge in [-0.1, -0.05) is 0 Å². The number of hydrazine groups is 1. The van der Waals surface area contributed by atoms with Crippen molar-refractivity contribution >= 4 is 0 Å². The molecule has 0 saturated carbocycles. The SMILES string of the molecule is Cn1ccc(CC(NN)C(C)(C)N2CCOCC2)n1. The van der Waals surface area contributed by atoms with Crippen LogP contribution in [0.15, 0.2) is 12.3 Å². The summed E-state index contributed by atoms with van der Waals surface area (Å²) in [6.07, 6.45) is 2.78. The molecule has 6 heteroatoms. The number of hydrogen-bond acceptors (Lipinski definition) is 5. The van der Waals surface area contributed by atoms with Gasteiger partial charge in [-0.2, -0.15) is 5.10 Å². The second kappa shape index (κ2) is 6.00. The van der Waals surface area contributed by atoms with Gasteiger partial charge in [0.1, 0.15) is 0 Å². The van der Waals surface area contributed by atoms with Gasteiger partial charge >= 0.3 is 0 Å². The normalized spacial score (nSPS) is 19.6. The third-order valence-electron chi connectivity index (χ3n) is 4.06. The molecule has 1 aliphatic heterocycles. The smallest absolute Gasteiger partial charge is 0.0641 e. The van der Waals surface area contributed by atoms with Crippen LogP contribution in [-0.2, 0) is 18.2 Å². The molecule has 1 atom stereocenters. The lowest BCUT2D eigenvalue weighted by atomic mass is 9.89. The van der Waals surface area contributed by atoms with E-state index in [-0.39, 0.29) is 11.6 Å². The van der Waals surface area contributed by atoms with Crippen molar-refractivity contribution in [2.75, 3.05) is 26.3 Å². The number of nitrogens with zero attached hydrogens (tertiary/aromatic N) is 3. The maximum absolute atomic E-state index is 5.78. The zero-order valence-corrected chi connectivity index (χ0v) is 12.1. The van der Waals surface area contributed by atoms with E-state index in [1.165, 1.54) is 0 Å². The van der Waals surface area contributed by atoms with Crippen LogP contribution in [0.3, 0.4) is 0 Å². The number of hydrogen-bond donors (Lipinski definition) is 2. The fourth-order valence-electron chi connectivity index (χ4n) is 2.65. The molecule has 1 aliphatic rings. The Kier molecular flexibility index (Phi) is 4.57. The standard InChI is InChI=1S/C13H25N5O/c1-13(2,18-6-8-19-9-7-18)12(15-14)10-11-4-5-17(3)16-11/h4-5,12,15H,6-10,14H2,1-3H3. The number of ether oxygens (including phenoxy) is 1. The molecule has 108 valence electrons. The van der Waals surface area contributed by atoms with E-state index in [0.29, 0.717) is 0 Å². The molecule has 0 spiro atoms. The van der Waals surface area contributed by atoms with Crippen molar-refractivity contribution in [1.82, 2.24) is 20.1 Å². The molecule has 0 amide bonds. The molecule has 2 rings (SSSR count). The minimum absolute atomic E-state index is 0.0317. The lowest BCUT2D eigenvalue weighted by Gasteiger charge is -2.45. The van der Waals surface area contributed by atoms with E-state index in [1.54, 1.807) is 0 Å². The van der Waals surface area contributed by atoms with Crippen molar-refractivity contribution in [2.45, 2.75) is 31.8 Å². The van der Waals surface area contributed by atoms with Crippen LogP contribution in [0.25, 0.3) is 0 Å². The lowest BCUT2D eigenvalue weighted by Crippen LogP contribution is -2.62. The number of nitrogens with one attached hydrogen (secondary N) is 1. The van der Waals surface area contributed by atoms with Gasteiger partial charge in [0.05, 0.1) is 18.9 Å². The summed E-state index contributed by atoms with van der Waals surface area (Å²) in [6.45, 7) is 7.95. The van der Waals surface area contributed by atoms with Gasteiger partial charge in [-0.15, -0.1) is 0 Å². The first-order valence-electron chi connectivity index (χ1n) is 6.81. The second-order valence-electron chi connectivity index (χ2n) is 5.66. The van der Waals surface area contributed by atoms with E-state index < -0.39 is 0 Å². The Morgan fingerprint density at radius 1 is 1.47 bits per heavy atom. The number of aryl methyl sites for hydroxylation is 1. The highest BCUT2D eigenvalue weighted by Gasteiger charge is 2.36. The molecule has 2 heterocycles. The molecule has 0 bridgehead atoms. The topological polar surface area (TPSA) is 68.3 Å². The van der Waals surface area contributed by atoms with Gasteiger partial charge in [0.15, 0.2) is 0 Å². The first-order chi connectivity index (χ1) is 9.04. The Balaban J connectivity index is 2.06. The number of rotatable bonds is 5. The van der Waals surface area contributed by atoms with E-state index in [1.807, 2.05) is 24.0 Å². The summed E-state index contributed by atoms with van der Waals surface area (Å²) in [5, 5.41) is 4.43. The molecular weight excluding hydrogens is 242 g/mol. The minimum Gasteiger partial charge on any atom is -0.379 e. The van der Waals surface area contributed by atoms with Crippen molar-refractivity contribution in [1.29, 1.82) is 0 Å². The van der Waals surface area contributed by atoms with Gasteiger partial charge in [0.25, 0.3) is 0 Å². The first kappa shape index (κ1) is 14.5. The number of nitrogens with two attached hydrogens (primary N) is 1. The second-order valence-corrected chi connectivity index (χ2v) is 5.66. The highest BCUT2D eigenvalue weighted by molar-refractivity contribution is 5.06. The van der Waals surface area contributed by atoms with Crippen LogP contribution in [0.4, 0.5) is 0 Å². The van der Waals surface area contributed by atoms with Crippen LogP contribution < -0.4 is 11.3 Å². The van der Waals surface area contributed by atoms with Crippen LogP contribution in [0, 0.1) is 0 Å². The Morgan fingerprint density at radius 2 is 2.16 bits per heavy atom. The number of morpholine rings is 1. The molecule has 1 aromatic rings. The zero-order chi connectivity index (χ0) is 13.9. The molecule has 1 saturated heterocycles. The molecule has 1 unspecified atom stereocenters. The highest BCUT2D eigenvalue weighted by Crippen LogP contribution is 2.22. The summed E-state index contributed by atoms with van der Waals surface area (Å²) in [6, 6.07) is 2.19. The molecule has 3 N–H and O–H groups in total. The van der Waals surface area contributed by atoms with Crippen molar-refractivity contribution in [3.05, 3.63) is 18.0 Å². The Labute approximate surface area is 114 Å². The predicted molar refractivity (Wildman–Crippen MR) is 74.5 cm³/mol. The fourth-order valence-corrected chi connectivity index (χ4v) is 2.65. The van der Waals surface area contributed by atoms with E-state index in [4.69, 9.17) is 10.6 Å². The molecule has 6 nitrogen and oxygen atoms in total. The summed E-state index contributed by atoms with van der Waals surface area (Å²) < 4.78 is 7.24. The van der Waals surface area contributed by atoms with Gasteiger partial charge in [0.2, 0.25) is 0 Å². The summed E-state index contributed by atoms with van der Waals surface area (Å²) in [4.78, 5) is 2.43. The zero-order valence-electron chi connectivity index (χ0n) is 12.1. The summed E-state index contributed by atoms with van der Waals surface area (Å²) >= 11 is 0. The molecule has 0 radical (unpaired) electrons. The van der Waals surface area contributed by atoms with Gasteiger partial charge in [0, 0.05) is 44.3 Å². The molecule has 0 aromatic carbocycles. The molecular formula is C13H25N5O. The van der Waals surface area contributed by atoms with Crippen LogP contribution in [-0.4, -0.2) is 52.6 Å². The largest absolute Gasteiger partial charge is 0.379 e. The third kappa shape index (κ3) is 3.33. The number of aromatic nitrogens is 2. The summed E-state index contributed by atoms with van der Waals surface area (Å²) in [5.74, 6) is 5.78. The van der Waals surface area contributed by atoms with Crippen molar-refractivity contribution in [2.24, 2.45) is 12.9 Å². The van der Waals surface area contributed by atoms with E-state index in [0.717, 1.165) is 38.4 Å². The summed E-state index contributed by atoms with van der Waals surface area (Å²) in [7, 11) is 1.93. The average Bonchev–Trinajstić information content (AvgIpc) is 2.82. The maximum atomic E-state index is 5.78. The van der Waals surface area contributed by atoms with Crippen LogP contribution in [0.5, 0.6) is 0 Å². The Bertz CT molecular complexity index is 397. The van der Waals surface area contributed by atoms with Gasteiger partial charge in [-0.05, 0) is 19.9 Å². The van der Waals surface area contributed by atoms with Gasteiger partial charge < -0.3 is 4.74 Å². The van der Waals surface area contributed by atoms with Crippen LogP contribution >= 0.6 is 0 Å². The van der Waals surface area contributed by atoms with Gasteiger partial charge in [-0.25, -0.2) is 0 Å². The third-order valence-corrected chi connectivity index (χ3v) is 4.06. The lowest BCUT2D eigenvalue weighted by molar-refractivity contribution is -0.0234. The van der Waals surface area contributed by atoms with E-state index in [2.05, 4.69) is 29.3 Å². The predicted octanol–water partition coefficient (Wildman–Crippen LogP) is -0.0947. The quantitative estimate of drug-likeness (QED) is 0.576. The van der Waals surface area contributed by atoms with E-state index in [9.17, 15) is 0 Å². The fraction of sp³-hybridized carbons (Fsp3) is 0.769. The van der Waals surface area contributed by atoms with E-state index >= 15 is 0 Å². The minimum atomic E-state index is -0.0317. The molecule has 1 aromatic heterocycles. The van der Waals surface area contributed by atoms with Crippen molar-refractivity contribution in [3.8, 4) is 0 Å². The summed E-state index contributed by atoms with van der Waals surface area (Å²) in [5.41, 5.74) is 4.00. The van der Waals surface area contributed by atoms with Gasteiger partial charge in [-0.3, -0.25) is 20.9 Å². The molecule has 0 aliphatic carbocycles. The average molecular weight is 267 g/mol. The maximum Gasteiger partial charge on any atom is 0.0641 e. The van der Waals surface area contributed by atoms with Crippen molar-refractivity contribution < 1.29 is 4.74 Å². The van der Waals surface area contributed by atoms with Crippen LogP contribution in [0.1, 0.15) is 19.5 Å². The molecule has 1 fully saturated rings. The van der Waals surface area contributed by atoms with Crippen LogP contribution in [0.2, 0.25) is 0 Å². The Hall–Kier alpha value is -0.950. The van der Waals surface area contributed by atoms with Crippen molar-refractivity contribution in [3.63, 3.8) is 0 Å². The monoisotopic (exact) mass is 267 g/mol. The Morgan fingerprint density at radius 3 is 2.68 bits per heavy atom. The highest BCUT2D eigenvalue weighted by atomic mass is 16.5. The first-order valence-corrected chi connectivity index (χ1v) is 6.81.